The molecule has 1 amide bonds. The van der Waals surface area contributed by atoms with Crippen molar-refractivity contribution in [1.82, 2.24) is 10.2 Å². The second-order valence-corrected chi connectivity index (χ2v) is 5.50. The molecular formula is C15H20N2O2S. The highest BCUT2D eigenvalue weighted by atomic mass is 32.1. The van der Waals surface area contributed by atoms with E-state index < -0.39 is 0 Å². The highest BCUT2D eigenvalue weighted by Gasteiger charge is 2.34. The third kappa shape index (κ3) is 3.10. The maximum absolute atomic E-state index is 12.0. The third-order valence-corrected chi connectivity index (χ3v) is 3.93. The van der Waals surface area contributed by atoms with Crippen molar-refractivity contribution in [1.29, 1.82) is 0 Å². The van der Waals surface area contributed by atoms with E-state index in [-0.39, 0.29) is 18.0 Å². The molecule has 0 radical (unpaired) electrons. The van der Waals surface area contributed by atoms with Crippen LogP contribution in [0.2, 0.25) is 0 Å². The number of aryl methyl sites for hydroxylation is 1. The Balaban J connectivity index is 1.93. The molecule has 108 valence electrons. The Morgan fingerprint density at radius 3 is 2.55 bits per heavy atom. The summed E-state index contributed by atoms with van der Waals surface area (Å²) in [5.41, 5.74) is 1.23. The fraction of sp³-hybridized carbons (Fsp3) is 0.467. The highest BCUT2D eigenvalue weighted by molar-refractivity contribution is 7.80. The molecule has 1 heterocycles. The van der Waals surface area contributed by atoms with Crippen molar-refractivity contribution in [3.05, 3.63) is 29.8 Å². The molecule has 1 fully saturated rings. The number of nitrogens with one attached hydrogen (secondary N) is 1. The van der Waals surface area contributed by atoms with Crippen LogP contribution in [0.4, 0.5) is 0 Å². The van der Waals surface area contributed by atoms with Gasteiger partial charge < -0.3 is 10.1 Å². The van der Waals surface area contributed by atoms with Gasteiger partial charge in [-0.1, -0.05) is 12.1 Å². The predicted molar refractivity (Wildman–Crippen MR) is 82.8 cm³/mol. The molecule has 0 saturated carbocycles. The summed E-state index contributed by atoms with van der Waals surface area (Å²) >= 11 is 5.21. The van der Waals surface area contributed by atoms with Crippen LogP contribution in [0, 0.1) is 0 Å². The maximum Gasteiger partial charge on any atom is 0.251 e. The summed E-state index contributed by atoms with van der Waals surface area (Å²) in [7, 11) is 1.66. The second-order valence-electron chi connectivity index (χ2n) is 5.12. The standard InChI is InChI=1S/C15H20N2O2S/c1-10(17-14(18)11(2)16-15(17)20)4-5-12-6-8-13(19-3)9-7-12/h6-11H,4-5H2,1-3H3,(H,16,20)/t10-,11+/m0/s1. The van der Waals surface area contributed by atoms with Gasteiger partial charge in [0.15, 0.2) is 5.11 Å². The van der Waals surface area contributed by atoms with Gasteiger partial charge in [0.2, 0.25) is 0 Å². The zero-order valence-electron chi connectivity index (χ0n) is 12.1. The predicted octanol–water partition coefficient (Wildman–Crippen LogP) is 2.12. The molecule has 1 saturated heterocycles. The summed E-state index contributed by atoms with van der Waals surface area (Å²) in [5.74, 6) is 0.924. The number of ether oxygens (including phenoxy) is 1. The quantitative estimate of drug-likeness (QED) is 0.844. The van der Waals surface area contributed by atoms with E-state index in [2.05, 4.69) is 17.4 Å². The first-order valence-corrected chi connectivity index (χ1v) is 7.20. The zero-order valence-corrected chi connectivity index (χ0v) is 12.9. The van der Waals surface area contributed by atoms with Crippen molar-refractivity contribution in [2.24, 2.45) is 0 Å². The zero-order chi connectivity index (χ0) is 14.7. The van der Waals surface area contributed by atoms with E-state index in [4.69, 9.17) is 17.0 Å². The minimum atomic E-state index is -0.203. The maximum atomic E-state index is 12.0. The molecule has 1 aliphatic heterocycles. The minimum Gasteiger partial charge on any atom is -0.497 e. The Hall–Kier alpha value is -1.62. The third-order valence-electron chi connectivity index (χ3n) is 3.62. The first kappa shape index (κ1) is 14.8. The van der Waals surface area contributed by atoms with Crippen LogP contribution in [0.1, 0.15) is 25.8 Å². The molecule has 2 atom stereocenters. The van der Waals surface area contributed by atoms with Crippen molar-refractivity contribution in [3.8, 4) is 5.75 Å². The van der Waals surface area contributed by atoms with Gasteiger partial charge in [0.1, 0.15) is 11.8 Å². The smallest absolute Gasteiger partial charge is 0.251 e. The van der Waals surface area contributed by atoms with Crippen LogP contribution < -0.4 is 10.1 Å². The summed E-state index contributed by atoms with van der Waals surface area (Å²) in [6, 6.07) is 7.91. The molecule has 1 N–H and O–H groups in total. The summed E-state index contributed by atoms with van der Waals surface area (Å²) in [6.07, 6.45) is 1.79. The van der Waals surface area contributed by atoms with Crippen LogP contribution >= 0.6 is 12.2 Å². The number of amides is 1. The van der Waals surface area contributed by atoms with Gasteiger partial charge in [0, 0.05) is 6.04 Å². The van der Waals surface area contributed by atoms with Gasteiger partial charge in [-0.2, -0.15) is 0 Å². The number of rotatable bonds is 5. The number of nitrogens with zero attached hydrogens (tertiary/aromatic N) is 1. The lowest BCUT2D eigenvalue weighted by Gasteiger charge is -2.23. The van der Waals surface area contributed by atoms with Gasteiger partial charge in [-0.3, -0.25) is 9.69 Å². The van der Waals surface area contributed by atoms with Crippen molar-refractivity contribution >= 4 is 23.2 Å². The summed E-state index contributed by atoms with van der Waals surface area (Å²) < 4.78 is 5.14. The van der Waals surface area contributed by atoms with Crippen LogP contribution in [-0.2, 0) is 11.2 Å². The van der Waals surface area contributed by atoms with Crippen molar-refractivity contribution in [2.45, 2.75) is 38.8 Å². The average molecular weight is 292 g/mol. The SMILES string of the molecule is COc1ccc(CC[C@H](C)N2C(=O)[C@@H](C)NC2=S)cc1. The topological polar surface area (TPSA) is 41.6 Å². The molecular weight excluding hydrogens is 272 g/mol. The van der Waals surface area contributed by atoms with Crippen LogP contribution in [0.5, 0.6) is 5.75 Å². The molecule has 2 rings (SSSR count). The monoisotopic (exact) mass is 292 g/mol. The largest absolute Gasteiger partial charge is 0.497 e. The number of benzene rings is 1. The van der Waals surface area contributed by atoms with E-state index >= 15 is 0 Å². The summed E-state index contributed by atoms with van der Waals surface area (Å²) in [4.78, 5) is 13.7. The molecule has 0 spiro atoms. The van der Waals surface area contributed by atoms with Crippen LogP contribution in [-0.4, -0.2) is 35.1 Å². The molecule has 0 aromatic heterocycles. The number of carbonyl (C=O) groups is 1. The van der Waals surface area contributed by atoms with Crippen LogP contribution in [0.25, 0.3) is 0 Å². The molecule has 4 nitrogen and oxygen atoms in total. The van der Waals surface area contributed by atoms with Gasteiger partial charge in [-0.25, -0.2) is 0 Å². The van der Waals surface area contributed by atoms with Crippen LogP contribution in [0.15, 0.2) is 24.3 Å². The van der Waals surface area contributed by atoms with Crippen molar-refractivity contribution in [3.63, 3.8) is 0 Å². The number of hydrogen-bond acceptors (Lipinski definition) is 3. The summed E-state index contributed by atoms with van der Waals surface area (Å²) in [5, 5.41) is 3.55. The Morgan fingerprint density at radius 1 is 1.40 bits per heavy atom. The van der Waals surface area contributed by atoms with Gasteiger partial charge >= 0.3 is 0 Å². The van der Waals surface area contributed by atoms with Crippen molar-refractivity contribution in [2.75, 3.05) is 7.11 Å². The highest BCUT2D eigenvalue weighted by Crippen LogP contribution is 2.17. The molecule has 20 heavy (non-hydrogen) atoms. The number of methoxy groups -OCH3 is 1. The van der Waals surface area contributed by atoms with E-state index in [0.717, 1.165) is 18.6 Å². The van der Waals surface area contributed by atoms with E-state index in [1.54, 1.807) is 12.0 Å². The molecule has 1 aromatic carbocycles. The average Bonchev–Trinajstić information content (AvgIpc) is 2.70. The number of carbonyl (C=O) groups excluding carboxylic acids is 1. The Bertz CT molecular complexity index is 501. The minimum absolute atomic E-state index is 0.0669. The van der Waals surface area contributed by atoms with Crippen molar-refractivity contribution < 1.29 is 9.53 Å². The van der Waals surface area contributed by atoms with Gasteiger partial charge in [0.25, 0.3) is 5.91 Å². The lowest BCUT2D eigenvalue weighted by Crippen LogP contribution is -2.39. The molecule has 0 bridgehead atoms. The van der Waals surface area contributed by atoms with E-state index in [1.807, 2.05) is 26.0 Å². The fourth-order valence-corrected chi connectivity index (χ4v) is 2.79. The van der Waals surface area contributed by atoms with E-state index in [9.17, 15) is 4.79 Å². The first-order chi connectivity index (χ1) is 9.52. The molecule has 1 aromatic rings. The summed E-state index contributed by atoms with van der Waals surface area (Å²) in [6.45, 7) is 3.87. The second kappa shape index (κ2) is 6.22. The van der Waals surface area contributed by atoms with Gasteiger partial charge in [-0.15, -0.1) is 0 Å². The first-order valence-electron chi connectivity index (χ1n) is 6.79. The number of hydrogen-bond donors (Lipinski definition) is 1. The van der Waals surface area contributed by atoms with E-state index in [1.165, 1.54) is 5.56 Å². The fourth-order valence-electron chi connectivity index (χ4n) is 2.34. The molecule has 0 unspecified atom stereocenters. The lowest BCUT2D eigenvalue weighted by atomic mass is 10.1. The normalized spacial score (nSPS) is 19.9. The molecule has 1 aliphatic rings. The van der Waals surface area contributed by atoms with Gasteiger partial charge in [0.05, 0.1) is 7.11 Å². The number of thiocarbonyl (C=S) groups is 1. The molecule has 5 heteroatoms. The Morgan fingerprint density at radius 2 is 2.05 bits per heavy atom. The lowest BCUT2D eigenvalue weighted by molar-refractivity contribution is -0.128. The molecule has 0 aliphatic carbocycles. The van der Waals surface area contributed by atoms with E-state index in [0.29, 0.717) is 5.11 Å². The van der Waals surface area contributed by atoms with Gasteiger partial charge in [-0.05, 0) is 56.6 Å². The van der Waals surface area contributed by atoms with Crippen LogP contribution in [0.3, 0.4) is 0 Å². The Kier molecular flexibility index (Phi) is 4.60. The Labute approximate surface area is 125 Å².